The van der Waals surface area contributed by atoms with Crippen LogP contribution in [-0.4, -0.2) is 20.8 Å². The van der Waals surface area contributed by atoms with Crippen LogP contribution in [-0.2, 0) is 11.3 Å². The van der Waals surface area contributed by atoms with Crippen LogP contribution in [0.5, 0.6) is 5.75 Å². The van der Waals surface area contributed by atoms with E-state index in [1.165, 1.54) is 31.2 Å². The molecule has 1 atom stereocenters. The molecular formula is C17H27NO2. The first kappa shape index (κ1) is 15.3. The smallest absolute Gasteiger partial charge is 0.124 e. The zero-order chi connectivity index (χ0) is 14.4. The van der Waals surface area contributed by atoms with Crippen molar-refractivity contribution in [2.45, 2.75) is 45.3 Å². The lowest BCUT2D eigenvalue weighted by Crippen LogP contribution is -2.20. The van der Waals surface area contributed by atoms with Crippen molar-refractivity contribution in [1.82, 2.24) is 5.32 Å². The Balaban J connectivity index is 1.86. The van der Waals surface area contributed by atoms with Gasteiger partial charge in [0, 0.05) is 18.7 Å². The summed E-state index contributed by atoms with van der Waals surface area (Å²) in [7, 11) is 3.42. The van der Waals surface area contributed by atoms with Gasteiger partial charge in [0.1, 0.15) is 5.75 Å². The van der Waals surface area contributed by atoms with Gasteiger partial charge >= 0.3 is 0 Å². The first-order valence-corrected chi connectivity index (χ1v) is 7.63. The molecule has 0 aromatic heterocycles. The van der Waals surface area contributed by atoms with Gasteiger partial charge in [-0.1, -0.05) is 18.9 Å². The lowest BCUT2D eigenvalue weighted by molar-refractivity contribution is 0.181. The normalized spacial score (nSPS) is 16.1. The average Bonchev–Trinajstić information content (AvgIpc) is 3.28. The van der Waals surface area contributed by atoms with Crippen LogP contribution in [0, 0.1) is 5.92 Å². The third-order valence-electron chi connectivity index (χ3n) is 4.04. The first-order valence-electron chi connectivity index (χ1n) is 7.63. The average molecular weight is 277 g/mol. The summed E-state index contributed by atoms with van der Waals surface area (Å²) in [5.41, 5.74) is 2.41. The van der Waals surface area contributed by atoms with Gasteiger partial charge in [0.25, 0.3) is 0 Å². The van der Waals surface area contributed by atoms with Crippen LogP contribution < -0.4 is 10.1 Å². The lowest BCUT2D eigenvalue weighted by atomic mass is 10.0. The lowest BCUT2D eigenvalue weighted by Gasteiger charge is -2.17. The van der Waals surface area contributed by atoms with Crippen LogP contribution in [0.1, 0.15) is 49.8 Å². The van der Waals surface area contributed by atoms with Crippen molar-refractivity contribution in [2.24, 2.45) is 5.92 Å². The van der Waals surface area contributed by atoms with E-state index in [9.17, 15) is 0 Å². The molecule has 0 saturated heterocycles. The molecule has 2 rings (SSSR count). The summed E-state index contributed by atoms with van der Waals surface area (Å²) in [4.78, 5) is 0. The van der Waals surface area contributed by atoms with Gasteiger partial charge in [0.05, 0.1) is 13.7 Å². The second-order valence-corrected chi connectivity index (χ2v) is 5.77. The Labute approximate surface area is 122 Å². The van der Waals surface area contributed by atoms with E-state index in [0.29, 0.717) is 12.6 Å². The number of hydrogen-bond acceptors (Lipinski definition) is 3. The van der Waals surface area contributed by atoms with Crippen LogP contribution in [0.25, 0.3) is 0 Å². The number of rotatable bonds is 9. The molecule has 20 heavy (non-hydrogen) atoms. The molecule has 3 nitrogen and oxygen atoms in total. The molecule has 1 N–H and O–H groups in total. The molecule has 1 saturated carbocycles. The third kappa shape index (κ3) is 4.50. The van der Waals surface area contributed by atoms with Crippen molar-refractivity contribution >= 4 is 0 Å². The van der Waals surface area contributed by atoms with Crippen molar-refractivity contribution in [1.29, 1.82) is 0 Å². The Kier molecular flexibility index (Phi) is 5.86. The van der Waals surface area contributed by atoms with Crippen LogP contribution in [0.2, 0.25) is 0 Å². The predicted octanol–water partition coefficient (Wildman–Crippen LogP) is 3.68. The summed E-state index contributed by atoms with van der Waals surface area (Å²) in [6.07, 6.45) is 5.58. The maximum absolute atomic E-state index is 5.36. The largest absolute Gasteiger partial charge is 0.496 e. The van der Waals surface area contributed by atoms with Gasteiger partial charge in [-0.15, -0.1) is 0 Å². The topological polar surface area (TPSA) is 30.5 Å². The molecule has 112 valence electrons. The second-order valence-electron chi connectivity index (χ2n) is 5.77. The number of methoxy groups -OCH3 is 2. The van der Waals surface area contributed by atoms with Crippen molar-refractivity contribution in [3.8, 4) is 5.75 Å². The fourth-order valence-corrected chi connectivity index (χ4v) is 2.57. The van der Waals surface area contributed by atoms with E-state index in [2.05, 4.69) is 24.4 Å². The van der Waals surface area contributed by atoms with E-state index in [4.69, 9.17) is 9.47 Å². The molecule has 1 aliphatic carbocycles. The maximum Gasteiger partial charge on any atom is 0.124 e. The summed E-state index contributed by atoms with van der Waals surface area (Å²) in [5, 5.41) is 3.61. The van der Waals surface area contributed by atoms with Crippen LogP contribution in [0.15, 0.2) is 18.2 Å². The predicted molar refractivity (Wildman–Crippen MR) is 82.1 cm³/mol. The summed E-state index contributed by atoms with van der Waals surface area (Å²) in [6, 6.07) is 6.72. The van der Waals surface area contributed by atoms with Gasteiger partial charge < -0.3 is 14.8 Å². The molecule has 3 heteroatoms. The zero-order valence-electron chi connectivity index (χ0n) is 12.9. The van der Waals surface area contributed by atoms with E-state index >= 15 is 0 Å². The molecule has 0 aliphatic heterocycles. The standard InChI is InChI=1S/C17H27NO2/c1-13(18-10-4-5-14-6-7-14)15-8-9-17(20-3)16(11-15)12-19-2/h8-9,11,13-14,18H,4-7,10,12H2,1-3H3. The van der Waals surface area contributed by atoms with E-state index < -0.39 is 0 Å². The third-order valence-corrected chi connectivity index (χ3v) is 4.04. The fourth-order valence-electron chi connectivity index (χ4n) is 2.57. The number of benzene rings is 1. The van der Waals surface area contributed by atoms with Gasteiger partial charge in [0.15, 0.2) is 0 Å². The van der Waals surface area contributed by atoms with Crippen LogP contribution in [0.3, 0.4) is 0 Å². The van der Waals surface area contributed by atoms with Gasteiger partial charge in [-0.05, 0) is 49.9 Å². The second kappa shape index (κ2) is 7.65. The van der Waals surface area contributed by atoms with Gasteiger partial charge in [0.2, 0.25) is 0 Å². The van der Waals surface area contributed by atoms with E-state index in [0.717, 1.165) is 23.8 Å². The van der Waals surface area contributed by atoms with Gasteiger partial charge in [-0.25, -0.2) is 0 Å². The highest BCUT2D eigenvalue weighted by molar-refractivity contribution is 5.38. The van der Waals surface area contributed by atoms with Crippen molar-refractivity contribution in [2.75, 3.05) is 20.8 Å². The molecule has 0 spiro atoms. The Morgan fingerprint density at radius 1 is 1.30 bits per heavy atom. The highest BCUT2D eigenvalue weighted by Gasteiger charge is 2.20. The minimum atomic E-state index is 0.371. The van der Waals surface area contributed by atoms with Gasteiger partial charge in [-0.3, -0.25) is 0 Å². The van der Waals surface area contributed by atoms with E-state index in [-0.39, 0.29) is 0 Å². The molecule has 0 radical (unpaired) electrons. The minimum absolute atomic E-state index is 0.371. The Morgan fingerprint density at radius 3 is 2.75 bits per heavy atom. The Hall–Kier alpha value is -1.06. The maximum atomic E-state index is 5.36. The number of hydrogen-bond donors (Lipinski definition) is 1. The summed E-state index contributed by atoms with van der Waals surface area (Å²) in [5.74, 6) is 1.93. The van der Waals surface area contributed by atoms with Crippen LogP contribution in [0.4, 0.5) is 0 Å². The van der Waals surface area contributed by atoms with E-state index in [1.54, 1.807) is 14.2 Å². The highest BCUT2D eigenvalue weighted by atomic mass is 16.5. The number of ether oxygens (including phenoxy) is 2. The zero-order valence-corrected chi connectivity index (χ0v) is 12.9. The molecule has 1 unspecified atom stereocenters. The molecule has 0 bridgehead atoms. The molecule has 1 aromatic rings. The molecule has 1 fully saturated rings. The Bertz CT molecular complexity index is 415. The fraction of sp³-hybridized carbons (Fsp3) is 0.647. The summed E-state index contributed by atoms with van der Waals surface area (Å²) >= 11 is 0. The van der Waals surface area contributed by atoms with Crippen molar-refractivity contribution in [3.05, 3.63) is 29.3 Å². The van der Waals surface area contributed by atoms with E-state index in [1.807, 2.05) is 6.07 Å². The minimum Gasteiger partial charge on any atom is -0.496 e. The van der Waals surface area contributed by atoms with Crippen molar-refractivity contribution in [3.63, 3.8) is 0 Å². The highest BCUT2D eigenvalue weighted by Crippen LogP contribution is 2.33. The summed E-state index contributed by atoms with van der Waals surface area (Å²) < 4.78 is 10.6. The molecule has 0 amide bonds. The summed E-state index contributed by atoms with van der Waals surface area (Å²) in [6.45, 7) is 3.91. The molecule has 1 aliphatic rings. The monoisotopic (exact) mass is 277 g/mol. The van der Waals surface area contributed by atoms with Crippen LogP contribution >= 0.6 is 0 Å². The van der Waals surface area contributed by atoms with Crippen molar-refractivity contribution < 1.29 is 9.47 Å². The number of nitrogens with one attached hydrogen (secondary N) is 1. The molecule has 1 aromatic carbocycles. The Morgan fingerprint density at radius 2 is 2.10 bits per heavy atom. The van der Waals surface area contributed by atoms with Gasteiger partial charge in [-0.2, -0.15) is 0 Å². The first-order chi connectivity index (χ1) is 9.74. The molecule has 0 heterocycles. The SMILES string of the molecule is COCc1cc(C(C)NCCCC2CC2)ccc1OC. The molecular weight excluding hydrogens is 250 g/mol. The quantitative estimate of drug-likeness (QED) is 0.698.